The van der Waals surface area contributed by atoms with E-state index in [-0.39, 0.29) is 23.9 Å². The van der Waals surface area contributed by atoms with Crippen molar-refractivity contribution in [2.75, 3.05) is 0 Å². The number of piperidine rings is 1. The number of hydrogen-bond acceptors (Lipinski definition) is 2. The monoisotopic (exact) mass is 225 g/mol. The fourth-order valence-corrected chi connectivity index (χ4v) is 2.79. The van der Waals surface area contributed by atoms with Crippen LogP contribution in [0.2, 0.25) is 0 Å². The molecule has 0 spiro atoms. The summed E-state index contributed by atoms with van der Waals surface area (Å²) in [5.74, 6) is -1.43. The molecular weight excluding hydrogens is 206 g/mol. The van der Waals surface area contributed by atoms with Crippen molar-refractivity contribution in [3.63, 3.8) is 0 Å². The summed E-state index contributed by atoms with van der Waals surface area (Å²) < 4.78 is 0. The Hall–Kier alpha value is -1.06. The van der Waals surface area contributed by atoms with Crippen LogP contribution in [0.25, 0.3) is 0 Å². The number of amides is 1. The zero-order valence-corrected chi connectivity index (χ0v) is 9.85. The molecule has 0 aromatic heterocycles. The minimum atomic E-state index is -0.823. The smallest absolute Gasteiger partial charge is 0.307 e. The normalized spacial score (nSPS) is 38.2. The second kappa shape index (κ2) is 4.07. The van der Waals surface area contributed by atoms with Crippen molar-refractivity contribution < 1.29 is 14.7 Å². The maximum absolute atomic E-state index is 12.2. The van der Waals surface area contributed by atoms with E-state index in [1.807, 2.05) is 4.90 Å². The maximum atomic E-state index is 12.2. The highest BCUT2D eigenvalue weighted by molar-refractivity contribution is 5.89. The predicted molar refractivity (Wildman–Crippen MR) is 58.9 cm³/mol. The van der Waals surface area contributed by atoms with Gasteiger partial charge in [0.05, 0.1) is 11.8 Å². The Labute approximate surface area is 95.6 Å². The third-order valence-corrected chi connectivity index (χ3v) is 3.87. The van der Waals surface area contributed by atoms with Crippen molar-refractivity contribution in [2.45, 2.75) is 51.6 Å². The third-order valence-electron chi connectivity index (χ3n) is 3.87. The van der Waals surface area contributed by atoms with E-state index < -0.39 is 11.9 Å². The predicted octanol–water partition coefficient (Wildman–Crippen LogP) is 1.50. The molecule has 0 bridgehead atoms. The Morgan fingerprint density at radius 3 is 2.12 bits per heavy atom. The number of likely N-dealkylation sites (tertiary alicyclic amines) is 1. The number of carbonyl (C=O) groups is 2. The topological polar surface area (TPSA) is 57.6 Å². The first-order valence-electron chi connectivity index (χ1n) is 6.07. The van der Waals surface area contributed by atoms with E-state index in [0.717, 1.165) is 12.8 Å². The SMILES string of the molecule is CC1CCCC(C)N1C(=O)[C@@H]1C[C@@H]1C(=O)O. The summed E-state index contributed by atoms with van der Waals surface area (Å²) in [6, 6.07) is 0.539. The lowest BCUT2D eigenvalue weighted by molar-refractivity contribution is -0.144. The summed E-state index contributed by atoms with van der Waals surface area (Å²) in [6.45, 7) is 4.12. The summed E-state index contributed by atoms with van der Waals surface area (Å²) in [5.41, 5.74) is 0. The highest BCUT2D eigenvalue weighted by Crippen LogP contribution is 2.41. The molecule has 4 atom stereocenters. The van der Waals surface area contributed by atoms with E-state index in [1.165, 1.54) is 6.42 Å². The van der Waals surface area contributed by atoms with Crippen molar-refractivity contribution in [3.05, 3.63) is 0 Å². The molecule has 1 aliphatic carbocycles. The van der Waals surface area contributed by atoms with Crippen LogP contribution < -0.4 is 0 Å². The lowest BCUT2D eigenvalue weighted by Crippen LogP contribution is -2.48. The second-order valence-electron chi connectivity index (χ2n) is 5.16. The van der Waals surface area contributed by atoms with E-state index in [0.29, 0.717) is 6.42 Å². The first-order valence-corrected chi connectivity index (χ1v) is 6.07. The zero-order valence-electron chi connectivity index (χ0n) is 9.85. The van der Waals surface area contributed by atoms with Crippen molar-refractivity contribution in [2.24, 2.45) is 11.8 Å². The first kappa shape index (κ1) is 11.4. The molecule has 16 heavy (non-hydrogen) atoms. The Kier molecular flexibility index (Phi) is 2.91. The number of hydrogen-bond donors (Lipinski definition) is 1. The molecule has 0 aromatic carbocycles. The van der Waals surface area contributed by atoms with Gasteiger partial charge in [0.15, 0.2) is 0 Å². The summed E-state index contributed by atoms with van der Waals surface area (Å²) >= 11 is 0. The molecule has 2 unspecified atom stereocenters. The largest absolute Gasteiger partial charge is 0.481 e. The molecule has 0 aromatic rings. The molecule has 1 saturated heterocycles. The van der Waals surface area contributed by atoms with Crippen molar-refractivity contribution in [3.8, 4) is 0 Å². The molecule has 1 saturated carbocycles. The van der Waals surface area contributed by atoms with E-state index in [1.54, 1.807) is 0 Å². The van der Waals surface area contributed by atoms with Gasteiger partial charge in [0.1, 0.15) is 0 Å². The van der Waals surface area contributed by atoms with Gasteiger partial charge in [0, 0.05) is 12.1 Å². The van der Waals surface area contributed by atoms with Crippen LogP contribution >= 0.6 is 0 Å². The number of rotatable bonds is 2. The van der Waals surface area contributed by atoms with Gasteiger partial charge in [-0.05, 0) is 39.5 Å². The highest BCUT2D eigenvalue weighted by Gasteiger charge is 2.51. The number of carboxylic acids is 1. The molecule has 2 aliphatic rings. The quantitative estimate of drug-likeness (QED) is 0.774. The van der Waals surface area contributed by atoms with Crippen LogP contribution in [0.4, 0.5) is 0 Å². The fraction of sp³-hybridized carbons (Fsp3) is 0.833. The molecular formula is C12H19NO3. The van der Waals surface area contributed by atoms with Gasteiger partial charge < -0.3 is 10.0 Å². The van der Waals surface area contributed by atoms with E-state index >= 15 is 0 Å². The maximum Gasteiger partial charge on any atom is 0.307 e. The molecule has 1 N–H and O–H groups in total. The number of nitrogens with zero attached hydrogens (tertiary/aromatic N) is 1. The van der Waals surface area contributed by atoms with Crippen molar-refractivity contribution in [1.29, 1.82) is 0 Å². The number of carboxylic acid groups (broad SMARTS) is 1. The minimum absolute atomic E-state index is 0.0621. The van der Waals surface area contributed by atoms with Gasteiger partial charge in [-0.15, -0.1) is 0 Å². The Morgan fingerprint density at radius 1 is 1.12 bits per heavy atom. The van der Waals surface area contributed by atoms with Crippen LogP contribution in [0.3, 0.4) is 0 Å². The Morgan fingerprint density at radius 2 is 1.69 bits per heavy atom. The van der Waals surface area contributed by atoms with Gasteiger partial charge in [-0.3, -0.25) is 9.59 Å². The first-order chi connectivity index (χ1) is 7.52. The van der Waals surface area contributed by atoms with Crippen LogP contribution in [0.15, 0.2) is 0 Å². The fourth-order valence-electron chi connectivity index (χ4n) is 2.79. The highest BCUT2D eigenvalue weighted by atomic mass is 16.4. The summed E-state index contributed by atoms with van der Waals surface area (Å²) in [5, 5.41) is 8.83. The van der Waals surface area contributed by atoms with Crippen molar-refractivity contribution in [1.82, 2.24) is 4.90 Å². The molecule has 4 heteroatoms. The number of carbonyl (C=O) groups excluding carboxylic acids is 1. The minimum Gasteiger partial charge on any atom is -0.481 e. The summed E-state index contributed by atoms with van der Waals surface area (Å²) in [7, 11) is 0. The molecule has 0 radical (unpaired) electrons. The molecule has 1 heterocycles. The molecule has 90 valence electrons. The van der Waals surface area contributed by atoms with E-state index in [9.17, 15) is 9.59 Å². The van der Waals surface area contributed by atoms with Crippen LogP contribution in [-0.2, 0) is 9.59 Å². The van der Waals surface area contributed by atoms with Gasteiger partial charge in [-0.25, -0.2) is 0 Å². The Bertz CT molecular complexity index is 305. The lowest BCUT2D eigenvalue weighted by Gasteiger charge is -2.39. The van der Waals surface area contributed by atoms with Crippen LogP contribution in [0.1, 0.15) is 39.5 Å². The Balaban J connectivity index is 2.01. The average Bonchev–Trinajstić information content (AvgIpc) is 2.96. The number of aliphatic carboxylic acids is 1. The standard InChI is InChI=1S/C12H19NO3/c1-7-4-3-5-8(2)13(7)11(14)9-6-10(9)12(15)16/h7-10H,3-6H2,1-2H3,(H,15,16)/t7?,8?,9-,10+/m1/s1. The third kappa shape index (κ3) is 1.93. The molecule has 2 fully saturated rings. The van der Waals surface area contributed by atoms with Crippen LogP contribution in [0, 0.1) is 11.8 Å². The van der Waals surface area contributed by atoms with Gasteiger partial charge in [0.2, 0.25) is 5.91 Å². The summed E-state index contributed by atoms with van der Waals surface area (Å²) in [6.07, 6.45) is 3.78. The molecule has 1 amide bonds. The van der Waals surface area contributed by atoms with Crippen LogP contribution in [0.5, 0.6) is 0 Å². The van der Waals surface area contributed by atoms with E-state index in [4.69, 9.17) is 5.11 Å². The van der Waals surface area contributed by atoms with Gasteiger partial charge >= 0.3 is 5.97 Å². The lowest BCUT2D eigenvalue weighted by atomic mass is 9.97. The molecule has 2 rings (SSSR count). The van der Waals surface area contributed by atoms with E-state index in [2.05, 4.69) is 13.8 Å². The van der Waals surface area contributed by atoms with Gasteiger partial charge in [-0.1, -0.05) is 0 Å². The second-order valence-corrected chi connectivity index (χ2v) is 5.16. The van der Waals surface area contributed by atoms with Gasteiger partial charge in [-0.2, -0.15) is 0 Å². The van der Waals surface area contributed by atoms with Crippen molar-refractivity contribution >= 4 is 11.9 Å². The molecule has 4 nitrogen and oxygen atoms in total. The van der Waals surface area contributed by atoms with Gasteiger partial charge in [0.25, 0.3) is 0 Å². The molecule has 1 aliphatic heterocycles. The zero-order chi connectivity index (χ0) is 11.9. The van der Waals surface area contributed by atoms with Crippen LogP contribution in [-0.4, -0.2) is 34.0 Å². The summed E-state index contributed by atoms with van der Waals surface area (Å²) in [4.78, 5) is 24.8. The average molecular weight is 225 g/mol.